The average molecular weight is 401 g/mol. The number of carbonyl (C=O) groups excluding carboxylic acids is 1. The molecule has 0 radical (unpaired) electrons. The summed E-state index contributed by atoms with van der Waals surface area (Å²) in [6, 6.07) is 15.2. The molecule has 2 aromatic carbocycles. The van der Waals surface area contributed by atoms with Crippen LogP contribution in [0, 0.1) is 5.92 Å². The molecule has 1 aliphatic rings. The molecule has 1 aliphatic carbocycles. The van der Waals surface area contributed by atoms with Gasteiger partial charge in [-0.3, -0.25) is 9.10 Å². The van der Waals surface area contributed by atoms with Crippen LogP contribution in [0.5, 0.6) is 0 Å². The maximum atomic E-state index is 13.0. The van der Waals surface area contributed by atoms with E-state index < -0.39 is 10.0 Å². The summed E-state index contributed by atoms with van der Waals surface area (Å²) < 4.78 is 27.2. The number of amides is 1. The molecular weight excluding hydrogens is 372 g/mol. The minimum Gasteiger partial charge on any atom is -0.341 e. The van der Waals surface area contributed by atoms with Gasteiger partial charge in [0.25, 0.3) is 15.9 Å². The summed E-state index contributed by atoms with van der Waals surface area (Å²) >= 11 is 0. The highest BCUT2D eigenvalue weighted by Crippen LogP contribution is 2.25. The lowest BCUT2D eigenvalue weighted by Crippen LogP contribution is -2.33. The lowest BCUT2D eigenvalue weighted by atomic mass is 9.89. The van der Waals surface area contributed by atoms with Crippen molar-refractivity contribution in [2.75, 3.05) is 24.9 Å². The van der Waals surface area contributed by atoms with Crippen LogP contribution < -0.4 is 4.31 Å². The number of nitrogens with zero attached hydrogens (tertiary/aromatic N) is 2. The van der Waals surface area contributed by atoms with Crippen molar-refractivity contribution in [3.05, 3.63) is 60.2 Å². The van der Waals surface area contributed by atoms with Gasteiger partial charge in [-0.2, -0.15) is 0 Å². The molecule has 5 nitrogen and oxygen atoms in total. The van der Waals surface area contributed by atoms with Gasteiger partial charge in [0.2, 0.25) is 0 Å². The zero-order valence-electron chi connectivity index (χ0n) is 16.5. The van der Waals surface area contributed by atoms with Crippen molar-refractivity contribution in [3.8, 4) is 0 Å². The molecule has 0 saturated heterocycles. The van der Waals surface area contributed by atoms with Crippen LogP contribution in [0.15, 0.2) is 59.5 Å². The van der Waals surface area contributed by atoms with Crippen molar-refractivity contribution < 1.29 is 13.2 Å². The topological polar surface area (TPSA) is 57.7 Å². The normalized spacial score (nSPS) is 15.2. The van der Waals surface area contributed by atoms with Crippen LogP contribution in [0.2, 0.25) is 0 Å². The Labute approximate surface area is 168 Å². The molecule has 0 aliphatic heterocycles. The van der Waals surface area contributed by atoms with Crippen molar-refractivity contribution in [2.24, 2.45) is 5.92 Å². The van der Waals surface area contributed by atoms with Crippen molar-refractivity contribution in [2.45, 2.75) is 37.0 Å². The molecular formula is C22H28N2O3S. The summed E-state index contributed by atoms with van der Waals surface area (Å²) in [7, 11) is -0.416. The van der Waals surface area contributed by atoms with Gasteiger partial charge in [-0.25, -0.2) is 8.42 Å². The molecule has 1 amide bonds. The largest absolute Gasteiger partial charge is 0.341 e. The summed E-state index contributed by atoms with van der Waals surface area (Å²) in [4.78, 5) is 14.7. The smallest absolute Gasteiger partial charge is 0.264 e. The molecule has 6 heteroatoms. The minimum absolute atomic E-state index is 0.121. The quantitative estimate of drug-likeness (QED) is 0.731. The van der Waals surface area contributed by atoms with E-state index in [-0.39, 0.29) is 10.8 Å². The molecule has 3 rings (SSSR count). The second-order valence-electron chi connectivity index (χ2n) is 7.53. The molecule has 1 saturated carbocycles. The number of carbonyl (C=O) groups is 1. The lowest BCUT2D eigenvalue weighted by molar-refractivity contribution is 0.0760. The van der Waals surface area contributed by atoms with Crippen molar-refractivity contribution in [3.63, 3.8) is 0 Å². The third-order valence-corrected chi connectivity index (χ3v) is 7.24. The van der Waals surface area contributed by atoms with Crippen molar-refractivity contribution in [1.82, 2.24) is 4.90 Å². The van der Waals surface area contributed by atoms with Crippen LogP contribution in [-0.2, 0) is 10.0 Å². The minimum atomic E-state index is -3.74. The Morgan fingerprint density at radius 1 is 0.964 bits per heavy atom. The van der Waals surface area contributed by atoms with Crippen molar-refractivity contribution in [1.29, 1.82) is 0 Å². The van der Waals surface area contributed by atoms with E-state index in [2.05, 4.69) is 0 Å². The zero-order chi connectivity index (χ0) is 20.1. The average Bonchev–Trinajstić information content (AvgIpc) is 2.74. The highest BCUT2D eigenvalue weighted by atomic mass is 32.2. The molecule has 0 unspecified atom stereocenters. The molecule has 2 aromatic rings. The molecule has 0 bridgehead atoms. The fourth-order valence-corrected chi connectivity index (χ4v) is 5.03. The Balaban J connectivity index is 1.78. The molecule has 1 fully saturated rings. The third-order valence-electron chi connectivity index (χ3n) is 5.46. The highest BCUT2D eigenvalue weighted by Gasteiger charge is 2.24. The lowest BCUT2D eigenvalue weighted by Gasteiger charge is -2.27. The van der Waals surface area contributed by atoms with Gasteiger partial charge in [-0.05, 0) is 49.1 Å². The van der Waals surface area contributed by atoms with Crippen LogP contribution in [-0.4, -0.2) is 39.9 Å². The van der Waals surface area contributed by atoms with Crippen LogP contribution >= 0.6 is 0 Å². The van der Waals surface area contributed by atoms with E-state index in [1.54, 1.807) is 48.3 Å². The van der Waals surface area contributed by atoms with Crippen LogP contribution in [0.4, 0.5) is 5.69 Å². The van der Waals surface area contributed by atoms with Crippen LogP contribution in [0.25, 0.3) is 0 Å². The molecule has 0 N–H and O–H groups in total. The Morgan fingerprint density at radius 2 is 1.64 bits per heavy atom. The predicted octanol–water partition coefficient (Wildman–Crippen LogP) is 4.16. The molecule has 150 valence electrons. The summed E-state index contributed by atoms with van der Waals surface area (Å²) in [6.45, 7) is 0.722. The van der Waals surface area contributed by atoms with Crippen molar-refractivity contribution >= 4 is 21.6 Å². The molecule has 0 atom stereocenters. The van der Waals surface area contributed by atoms with Gasteiger partial charge in [0, 0.05) is 26.2 Å². The Kier molecular flexibility index (Phi) is 6.39. The van der Waals surface area contributed by atoms with Crippen LogP contribution in [0.3, 0.4) is 0 Å². The number of anilines is 1. The van der Waals surface area contributed by atoms with Crippen LogP contribution in [0.1, 0.15) is 42.5 Å². The third kappa shape index (κ3) is 4.55. The fraction of sp³-hybridized carbons (Fsp3) is 0.409. The van der Waals surface area contributed by atoms with Gasteiger partial charge >= 0.3 is 0 Å². The number of sulfonamides is 1. The molecule has 0 heterocycles. The molecule has 0 spiro atoms. The van der Waals surface area contributed by atoms with E-state index >= 15 is 0 Å². The van der Waals surface area contributed by atoms with E-state index in [0.717, 1.165) is 19.4 Å². The number of benzene rings is 2. The van der Waals surface area contributed by atoms with Gasteiger partial charge < -0.3 is 4.90 Å². The summed E-state index contributed by atoms with van der Waals surface area (Å²) in [5, 5.41) is 0. The fourth-order valence-electron chi connectivity index (χ4n) is 3.78. The Hall–Kier alpha value is -2.34. The number of hydrogen-bond acceptors (Lipinski definition) is 3. The van der Waals surface area contributed by atoms with E-state index in [1.807, 2.05) is 6.07 Å². The van der Waals surface area contributed by atoms with E-state index in [0.29, 0.717) is 17.2 Å². The first-order valence-corrected chi connectivity index (χ1v) is 11.2. The Morgan fingerprint density at radius 3 is 2.32 bits per heavy atom. The first-order valence-electron chi connectivity index (χ1n) is 9.79. The Bertz CT molecular complexity index is 906. The van der Waals surface area contributed by atoms with Gasteiger partial charge in [0.1, 0.15) is 0 Å². The monoisotopic (exact) mass is 400 g/mol. The predicted molar refractivity (Wildman–Crippen MR) is 112 cm³/mol. The zero-order valence-corrected chi connectivity index (χ0v) is 17.4. The maximum Gasteiger partial charge on any atom is 0.264 e. The second kappa shape index (κ2) is 8.78. The number of para-hydroxylation sites is 1. The molecule has 0 aromatic heterocycles. The van der Waals surface area contributed by atoms with E-state index in [4.69, 9.17) is 0 Å². The summed E-state index contributed by atoms with van der Waals surface area (Å²) in [6.07, 6.45) is 6.06. The number of rotatable bonds is 6. The highest BCUT2D eigenvalue weighted by molar-refractivity contribution is 7.92. The van der Waals surface area contributed by atoms with Gasteiger partial charge in [0.15, 0.2) is 0 Å². The second-order valence-corrected chi connectivity index (χ2v) is 9.49. The SMILES string of the molecule is CN(CC1CCCCC1)C(=O)c1cccc(S(=O)(=O)N(C)c2ccccc2)c1. The van der Waals surface area contributed by atoms with E-state index in [1.165, 1.54) is 42.7 Å². The standard InChI is InChI=1S/C22H28N2O3S/c1-23(17-18-10-5-3-6-11-18)22(25)19-12-9-15-21(16-19)28(26,27)24(2)20-13-7-4-8-14-20/h4,7-9,12-16,18H,3,5-6,10-11,17H2,1-2H3. The maximum absolute atomic E-state index is 13.0. The first-order chi connectivity index (χ1) is 13.4. The first kappa shape index (κ1) is 20.4. The number of hydrogen-bond donors (Lipinski definition) is 0. The van der Waals surface area contributed by atoms with Gasteiger partial charge in [-0.15, -0.1) is 0 Å². The van der Waals surface area contributed by atoms with E-state index in [9.17, 15) is 13.2 Å². The van der Waals surface area contributed by atoms with Gasteiger partial charge in [-0.1, -0.05) is 43.5 Å². The summed E-state index contributed by atoms with van der Waals surface area (Å²) in [5.41, 5.74) is 0.981. The van der Waals surface area contributed by atoms with Gasteiger partial charge in [0.05, 0.1) is 10.6 Å². The summed E-state index contributed by atoms with van der Waals surface area (Å²) in [5.74, 6) is 0.406. The molecule has 28 heavy (non-hydrogen) atoms.